The standard InChI is InChI=1S/C17H32O2Si/c1-15-11-14-17(15,19-20(3,4)5)16(18-2)12-9-7-6-8-10-13-16/h1,6-14H2,2-5H3. The first kappa shape index (κ1) is 16.3. The molecule has 0 aliphatic heterocycles. The Morgan fingerprint density at radius 1 is 0.950 bits per heavy atom. The van der Waals surface area contributed by atoms with Crippen LogP contribution in [0.1, 0.15) is 57.8 Å². The summed E-state index contributed by atoms with van der Waals surface area (Å²) in [4.78, 5) is 0. The second kappa shape index (κ2) is 5.94. The van der Waals surface area contributed by atoms with Crippen molar-refractivity contribution in [3.63, 3.8) is 0 Å². The molecule has 0 spiro atoms. The summed E-state index contributed by atoms with van der Waals surface area (Å²) in [5.74, 6) is 0. The van der Waals surface area contributed by atoms with Crippen LogP contribution in [0.3, 0.4) is 0 Å². The minimum absolute atomic E-state index is 0.122. The Morgan fingerprint density at radius 3 is 1.85 bits per heavy atom. The highest BCUT2D eigenvalue weighted by atomic mass is 28.4. The second-order valence-corrected chi connectivity index (χ2v) is 12.0. The first-order valence-electron chi connectivity index (χ1n) is 8.29. The minimum Gasteiger partial charge on any atom is -0.406 e. The third-order valence-electron chi connectivity index (χ3n) is 5.12. The molecule has 20 heavy (non-hydrogen) atoms. The molecule has 0 aromatic heterocycles. The predicted octanol–water partition coefficient (Wildman–Crippen LogP) is 5.06. The topological polar surface area (TPSA) is 18.5 Å². The first-order chi connectivity index (χ1) is 9.35. The zero-order valence-electron chi connectivity index (χ0n) is 13.9. The van der Waals surface area contributed by atoms with E-state index in [1.54, 1.807) is 0 Å². The van der Waals surface area contributed by atoms with Crippen molar-refractivity contribution in [1.82, 2.24) is 0 Å². The lowest BCUT2D eigenvalue weighted by Crippen LogP contribution is -2.65. The summed E-state index contributed by atoms with van der Waals surface area (Å²) in [5.41, 5.74) is 0.967. The lowest BCUT2D eigenvalue weighted by Gasteiger charge is -2.59. The molecule has 1 atom stereocenters. The van der Waals surface area contributed by atoms with Gasteiger partial charge in [-0.15, -0.1) is 0 Å². The maximum atomic E-state index is 6.72. The van der Waals surface area contributed by atoms with Crippen molar-refractivity contribution in [1.29, 1.82) is 0 Å². The summed E-state index contributed by atoms with van der Waals surface area (Å²) < 4.78 is 12.9. The van der Waals surface area contributed by atoms with Crippen LogP contribution in [0.4, 0.5) is 0 Å². The van der Waals surface area contributed by atoms with Crippen molar-refractivity contribution in [2.24, 2.45) is 0 Å². The lowest BCUT2D eigenvalue weighted by molar-refractivity contribution is -0.174. The maximum Gasteiger partial charge on any atom is 0.185 e. The van der Waals surface area contributed by atoms with Crippen LogP contribution in [-0.2, 0) is 9.16 Å². The average Bonchev–Trinajstić information content (AvgIpc) is 2.34. The quantitative estimate of drug-likeness (QED) is 0.533. The van der Waals surface area contributed by atoms with Crippen molar-refractivity contribution in [2.45, 2.75) is 88.6 Å². The van der Waals surface area contributed by atoms with E-state index in [0.29, 0.717) is 0 Å². The fourth-order valence-electron chi connectivity index (χ4n) is 4.07. The van der Waals surface area contributed by atoms with Crippen LogP contribution in [0.25, 0.3) is 0 Å². The molecule has 0 aromatic carbocycles. The van der Waals surface area contributed by atoms with Crippen molar-refractivity contribution in [2.75, 3.05) is 7.11 Å². The molecule has 2 aliphatic rings. The maximum absolute atomic E-state index is 6.72. The molecule has 3 heteroatoms. The summed E-state index contributed by atoms with van der Waals surface area (Å²) in [6.45, 7) is 11.2. The number of methoxy groups -OCH3 is 1. The first-order valence-corrected chi connectivity index (χ1v) is 11.7. The fraction of sp³-hybridized carbons (Fsp3) is 0.882. The Morgan fingerprint density at radius 2 is 1.50 bits per heavy atom. The van der Waals surface area contributed by atoms with Gasteiger partial charge in [-0.05, 0) is 50.9 Å². The molecule has 0 radical (unpaired) electrons. The molecule has 2 fully saturated rings. The molecule has 0 amide bonds. The number of ether oxygens (including phenoxy) is 1. The predicted molar refractivity (Wildman–Crippen MR) is 87.6 cm³/mol. The SMILES string of the molecule is C=C1CCC1(O[Si](C)(C)C)C1(OC)CCCCCCC1. The van der Waals surface area contributed by atoms with Crippen LogP contribution in [-0.4, -0.2) is 26.6 Å². The van der Waals surface area contributed by atoms with Gasteiger partial charge < -0.3 is 9.16 Å². The zero-order chi connectivity index (χ0) is 14.9. The van der Waals surface area contributed by atoms with E-state index >= 15 is 0 Å². The lowest BCUT2D eigenvalue weighted by atomic mass is 9.61. The molecule has 116 valence electrons. The Kier molecular flexibility index (Phi) is 4.82. The van der Waals surface area contributed by atoms with Gasteiger partial charge in [0, 0.05) is 7.11 Å². The summed E-state index contributed by atoms with van der Waals surface area (Å²) in [5, 5.41) is 0. The second-order valence-electron chi connectivity index (χ2n) is 7.61. The van der Waals surface area contributed by atoms with Crippen LogP contribution in [0.5, 0.6) is 0 Å². The fourth-order valence-corrected chi connectivity index (χ4v) is 5.54. The average molecular weight is 297 g/mol. The van der Waals surface area contributed by atoms with Gasteiger partial charge in [0.05, 0.1) is 5.60 Å². The van der Waals surface area contributed by atoms with Gasteiger partial charge in [-0.1, -0.05) is 38.7 Å². The van der Waals surface area contributed by atoms with Gasteiger partial charge in [-0.2, -0.15) is 0 Å². The molecule has 2 rings (SSSR count). The molecule has 2 aliphatic carbocycles. The van der Waals surface area contributed by atoms with E-state index in [1.807, 2.05) is 7.11 Å². The highest BCUT2D eigenvalue weighted by Crippen LogP contribution is 2.54. The largest absolute Gasteiger partial charge is 0.406 e. The van der Waals surface area contributed by atoms with Gasteiger partial charge >= 0.3 is 0 Å². The van der Waals surface area contributed by atoms with Crippen LogP contribution in [0.15, 0.2) is 12.2 Å². The Bertz CT molecular complexity index is 350. The molecule has 0 saturated heterocycles. The monoisotopic (exact) mass is 296 g/mol. The van der Waals surface area contributed by atoms with Crippen LogP contribution >= 0.6 is 0 Å². The van der Waals surface area contributed by atoms with Gasteiger partial charge in [-0.25, -0.2) is 0 Å². The van der Waals surface area contributed by atoms with Gasteiger partial charge in [0.25, 0.3) is 0 Å². The summed E-state index contributed by atoms with van der Waals surface area (Å²) in [6, 6.07) is 0. The van der Waals surface area contributed by atoms with E-state index in [0.717, 1.165) is 25.7 Å². The third-order valence-corrected chi connectivity index (χ3v) is 6.08. The molecule has 0 aromatic rings. The molecule has 0 bridgehead atoms. The summed E-state index contributed by atoms with van der Waals surface area (Å²) in [6.07, 6.45) is 11.0. The van der Waals surface area contributed by atoms with Gasteiger partial charge in [0.15, 0.2) is 8.32 Å². The number of rotatable bonds is 4. The normalized spacial score (nSPS) is 31.3. The molecule has 2 nitrogen and oxygen atoms in total. The number of hydrogen-bond donors (Lipinski definition) is 0. The highest BCUT2D eigenvalue weighted by molar-refractivity contribution is 6.69. The molecule has 0 heterocycles. The Labute approximate surface area is 126 Å². The molecule has 2 saturated carbocycles. The highest BCUT2D eigenvalue weighted by Gasteiger charge is 2.59. The molecule has 1 unspecified atom stereocenters. The van der Waals surface area contributed by atoms with E-state index in [-0.39, 0.29) is 11.2 Å². The summed E-state index contributed by atoms with van der Waals surface area (Å²) >= 11 is 0. The van der Waals surface area contributed by atoms with E-state index < -0.39 is 8.32 Å². The van der Waals surface area contributed by atoms with Crippen molar-refractivity contribution >= 4 is 8.32 Å². The van der Waals surface area contributed by atoms with Crippen molar-refractivity contribution < 1.29 is 9.16 Å². The Hall–Kier alpha value is -0.123. The molecular weight excluding hydrogens is 264 g/mol. The number of hydrogen-bond acceptors (Lipinski definition) is 2. The van der Waals surface area contributed by atoms with E-state index in [2.05, 4.69) is 26.2 Å². The Balaban J connectivity index is 2.30. The van der Waals surface area contributed by atoms with Crippen molar-refractivity contribution in [3.05, 3.63) is 12.2 Å². The van der Waals surface area contributed by atoms with E-state index in [1.165, 1.54) is 37.7 Å². The smallest absolute Gasteiger partial charge is 0.185 e. The zero-order valence-corrected chi connectivity index (χ0v) is 14.9. The van der Waals surface area contributed by atoms with Crippen LogP contribution < -0.4 is 0 Å². The van der Waals surface area contributed by atoms with E-state index in [9.17, 15) is 0 Å². The molecular formula is C17H32O2Si. The van der Waals surface area contributed by atoms with Crippen LogP contribution in [0, 0.1) is 0 Å². The summed E-state index contributed by atoms with van der Waals surface area (Å²) in [7, 11) is 0.270. The van der Waals surface area contributed by atoms with E-state index in [4.69, 9.17) is 9.16 Å². The van der Waals surface area contributed by atoms with Gasteiger partial charge in [-0.3, -0.25) is 0 Å². The van der Waals surface area contributed by atoms with Crippen molar-refractivity contribution in [3.8, 4) is 0 Å². The molecule has 0 N–H and O–H groups in total. The third kappa shape index (κ3) is 2.90. The minimum atomic E-state index is -1.62. The van der Waals surface area contributed by atoms with Gasteiger partial charge in [0.2, 0.25) is 0 Å². The van der Waals surface area contributed by atoms with Gasteiger partial charge in [0.1, 0.15) is 5.60 Å². The van der Waals surface area contributed by atoms with Crippen LogP contribution in [0.2, 0.25) is 19.6 Å².